The molecule has 0 spiro atoms. The summed E-state index contributed by atoms with van der Waals surface area (Å²) in [5.41, 5.74) is 3.97. The van der Waals surface area contributed by atoms with Gasteiger partial charge in [-0.05, 0) is 56.2 Å². The SMILES string of the molecule is O=C1CCC(N2C(=O)c3ccc(NC[C@H]4C[C@H](n5cc(N6CCNCC6)c(C6CC6)n5)C4)cc3C2=O)C(=O)N1. The van der Waals surface area contributed by atoms with Crippen LogP contribution in [0.4, 0.5) is 11.4 Å². The summed E-state index contributed by atoms with van der Waals surface area (Å²) in [6.07, 6.45) is 7.11. The zero-order valence-electron chi connectivity index (χ0n) is 21.8. The number of nitrogens with one attached hydrogen (secondary N) is 3. The first kappa shape index (κ1) is 24.3. The molecule has 0 radical (unpaired) electrons. The molecule has 11 heteroatoms. The first-order valence-corrected chi connectivity index (χ1v) is 14.1. The molecule has 2 aliphatic carbocycles. The number of aromatic nitrogens is 2. The fourth-order valence-corrected chi connectivity index (χ4v) is 6.31. The number of benzene rings is 1. The molecule has 7 rings (SSSR count). The highest BCUT2D eigenvalue weighted by atomic mass is 16.2. The number of hydrogen-bond donors (Lipinski definition) is 3. The lowest BCUT2D eigenvalue weighted by atomic mass is 9.80. The van der Waals surface area contributed by atoms with Gasteiger partial charge >= 0.3 is 0 Å². The number of piperidine rings is 1. The zero-order chi connectivity index (χ0) is 26.7. The maximum Gasteiger partial charge on any atom is 0.262 e. The largest absolute Gasteiger partial charge is 0.385 e. The highest BCUT2D eigenvalue weighted by Crippen LogP contribution is 2.46. The van der Waals surface area contributed by atoms with Crippen molar-refractivity contribution < 1.29 is 19.2 Å². The third-order valence-electron chi connectivity index (χ3n) is 8.78. The van der Waals surface area contributed by atoms with Crippen molar-refractivity contribution in [1.29, 1.82) is 0 Å². The van der Waals surface area contributed by atoms with Gasteiger partial charge in [-0.15, -0.1) is 0 Å². The van der Waals surface area contributed by atoms with Crippen molar-refractivity contribution in [2.45, 2.75) is 56.5 Å². The Bertz CT molecular complexity index is 1350. The predicted octanol–water partition coefficient (Wildman–Crippen LogP) is 1.63. The smallest absolute Gasteiger partial charge is 0.262 e. The van der Waals surface area contributed by atoms with Gasteiger partial charge < -0.3 is 15.5 Å². The molecule has 4 amide bonds. The summed E-state index contributed by atoms with van der Waals surface area (Å²) in [4.78, 5) is 53.3. The molecule has 2 saturated carbocycles. The van der Waals surface area contributed by atoms with Crippen LogP contribution in [0.5, 0.6) is 0 Å². The second-order valence-electron chi connectivity index (χ2n) is 11.5. The van der Waals surface area contributed by atoms with E-state index in [-0.39, 0.29) is 18.7 Å². The maximum atomic E-state index is 13.1. The summed E-state index contributed by atoms with van der Waals surface area (Å²) in [6.45, 7) is 4.87. The average molecular weight is 532 g/mol. The summed E-state index contributed by atoms with van der Waals surface area (Å²) in [5, 5.41) is 14.1. The van der Waals surface area contributed by atoms with E-state index in [9.17, 15) is 19.2 Å². The van der Waals surface area contributed by atoms with E-state index in [0.717, 1.165) is 56.2 Å². The molecule has 2 aromatic rings. The number of nitrogens with zero attached hydrogens (tertiary/aromatic N) is 4. The fourth-order valence-electron chi connectivity index (χ4n) is 6.31. The number of imide groups is 2. The van der Waals surface area contributed by atoms with Gasteiger partial charge in [-0.1, -0.05) is 0 Å². The van der Waals surface area contributed by atoms with Crippen LogP contribution in [0, 0.1) is 5.92 Å². The average Bonchev–Trinajstić information content (AvgIpc) is 3.62. The summed E-state index contributed by atoms with van der Waals surface area (Å²) >= 11 is 0. The van der Waals surface area contributed by atoms with E-state index in [2.05, 4.69) is 31.7 Å². The van der Waals surface area contributed by atoms with E-state index < -0.39 is 23.8 Å². The maximum absolute atomic E-state index is 13.1. The van der Waals surface area contributed by atoms with Gasteiger partial charge in [0, 0.05) is 56.9 Å². The first-order chi connectivity index (χ1) is 19.0. The van der Waals surface area contributed by atoms with Crippen LogP contribution in [-0.4, -0.2) is 77.1 Å². The number of hydrogen-bond acceptors (Lipinski definition) is 8. The Kier molecular flexibility index (Phi) is 5.91. The van der Waals surface area contributed by atoms with E-state index in [1.54, 1.807) is 12.1 Å². The Balaban J connectivity index is 0.970. The molecule has 3 aliphatic heterocycles. The lowest BCUT2D eigenvalue weighted by Crippen LogP contribution is -2.54. The van der Waals surface area contributed by atoms with Gasteiger partial charge in [-0.2, -0.15) is 5.10 Å². The number of carbonyl (C=O) groups is 4. The minimum atomic E-state index is -0.951. The molecule has 1 aromatic carbocycles. The van der Waals surface area contributed by atoms with Crippen molar-refractivity contribution in [3.05, 3.63) is 41.2 Å². The highest BCUT2D eigenvalue weighted by molar-refractivity contribution is 6.23. The number of piperazine rings is 1. The second-order valence-corrected chi connectivity index (χ2v) is 11.5. The Morgan fingerprint density at radius 2 is 1.74 bits per heavy atom. The fraction of sp³-hybridized carbons (Fsp3) is 0.536. The van der Waals surface area contributed by atoms with E-state index >= 15 is 0 Å². The number of fused-ring (bicyclic) bond motifs is 1. The molecule has 1 aromatic heterocycles. The van der Waals surface area contributed by atoms with Crippen molar-refractivity contribution in [1.82, 2.24) is 25.3 Å². The number of rotatable bonds is 7. The summed E-state index contributed by atoms with van der Waals surface area (Å²) < 4.78 is 2.20. The number of carbonyl (C=O) groups excluding carboxylic acids is 4. The second kappa shape index (κ2) is 9.48. The van der Waals surface area contributed by atoms with Crippen molar-refractivity contribution in [3.8, 4) is 0 Å². The molecule has 4 heterocycles. The molecule has 4 fully saturated rings. The van der Waals surface area contributed by atoms with E-state index in [4.69, 9.17) is 5.10 Å². The van der Waals surface area contributed by atoms with Gasteiger partial charge in [0.2, 0.25) is 11.8 Å². The first-order valence-electron chi connectivity index (χ1n) is 14.1. The van der Waals surface area contributed by atoms with Crippen molar-refractivity contribution in [2.24, 2.45) is 5.92 Å². The molecule has 0 bridgehead atoms. The molecule has 1 atom stereocenters. The molecule has 5 aliphatic rings. The monoisotopic (exact) mass is 531 g/mol. The molecular weight excluding hydrogens is 498 g/mol. The number of amides is 4. The van der Waals surface area contributed by atoms with Crippen LogP contribution < -0.4 is 20.9 Å². The van der Waals surface area contributed by atoms with Gasteiger partial charge in [-0.25, -0.2) is 0 Å². The molecule has 1 unspecified atom stereocenters. The van der Waals surface area contributed by atoms with Crippen LogP contribution in [0.3, 0.4) is 0 Å². The van der Waals surface area contributed by atoms with Gasteiger partial charge in [0.25, 0.3) is 11.8 Å². The molecule has 39 heavy (non-hydrogen) atoms. The Hall–Kier alpha value is -3.73. The summed E-state index contributed by atoms with van der Waals surface area (Å²) in [6, 6.07) is 4.62. The van der Waals surface area contributed by atoms with Gasteiger partial charge in [0.15, 0.2) is 0 Å². The van der Waals surface area contributed by atoms with E-state index in [0.29, 0.717) is 29.0 Å². The minimum absolute atomic E-state index is 0.108. The summed E-state index contributed by atoms with van der Waals surface area (Å²) in [7, 11) is 0. The molecule has 2 saturated heterocycles. The van der Waals surface area contributed by atoms with E-state index in [1.165, 1.54) is 24.2 Å². The molecular formula is C28H33N7O4. The Morgan fingerprint density at radius 1 is 0.974 bits per heavy atom. The van der Waals surface area contributed by atoms with Crippen LogP contribution in [0.2, 0.25) is 0 Å². The normalized spacial score (nSPS) is 26.9. The van der Waals surface area contributed by atoms with Gasteiger partial charge in [-0.3, -0.25) is 34.1 Å². The highest BCUT2D eigenvalue weighted by Gasteiger charge is 2.44. The topological polar surface area (TPSA) is 129 Å². The third-order valence-corrected chi connectivity index (χ3v) is 8.78. The minimum Gasteiger partial charge on any atom is -0.385 e. The third kappa shape index (κ3) is 4.38. The Labute approximate surface area is 226 Å². The van der Waals surface area contributed by atoms with Gasteiger partial charge in [0.05, 0.1) is 28.6 Å². The Morgan fingerprint density at radius 3 is 2.49 bits per heavy atom. The molecule has 204 valence electrons. The quantitative estimate of drug-likeness (QED) is 0.460. The van der Waals surface area contributed by atoms with Crippen molar-refractivity contribution in [3.63, 3.8) is 0 Å². The van der Waals surface area contributed by atoms with E-state index in [1.807, 2.05) is 6.07 Å². The zero-order valence-corrected chi connectivity index (χ0v) is 21.8. The summed E-state index contributed by atoms with van der Waals surface area (Å²) in [5.74, 6) is -0.829. The standard InChI is InChI=1S/C28H33N7O4/c36-24-6-5-22(26(37)31-24)35-27(38)20-4-3-18(13-21(20)28(35)39)30-14-16-11-19(12-16)34-15-23(25(32-34)17-1-2-17)33-9-7-29-8-10-33/h3-4,13,15-17,19,22,29-30H,1-2,5-12,14H2,(H,31,36,37)/t16-,19-,22?. The van der Waals surface area contributed by atoms with Crippen molar-refractivity contribution >= 4 is 35.0 Å². The van der Waals surface area contributed by atoms with Crippen LogP contribution in [-0.2, 0) is 9.59 Å². The number of anilines is 2. The predicted molar refractivity (Wildman–Crippen MR) is 143 cm³/mol. The van der Waals surface area contributed by atoms with Crippen LogP contribution in [0.15, 0.2) is 24.4 Å². The van der Waals surface area contributed by atoms with Crippen molar-refractivity contribution in [2.75, 3.05) is 42.9 Å². The molecule has 3 N–H and O–H groups in total. The van der Waals surface area contributed by atoms with Gasteiger partial charge in [0.1, 0.15) is 6.04 Å². The van der Waals surface area contributed by atoms with Crippen LogP contribution >= 0.6 is 0 Å². The lowest BCUT2D eigenvalue weighted by molar-refractivity contribution is -0.136. The lowest BCUT2D eigenvalue weighted by Gasteiger charge is -2.36. The van der Waals surface area contributed by atoms with Crippen LogP contribution in [0.1, 0.15) is 76.9 Å². The molecule has 11 nitrogen and oxygen atoms in total. The van der Waals surface area contributed by atoms with Crippen LogP contribution in [0.25, 0.3) is 0 Å².